The minimum Gasteiger partial charge on any atom is -0.491 e. The number of fused-ring (bicyclic) bond motifs is 1. The second kappa shape index (κ2) is 15.5. The Kier molecular flexibility index (Phi) is 11.8. The van der Waals surface area contributed by atoms with Gasteiger partial charge in [0.25, 0.3) is 5.91 Å². The molecule has 0 radical (unpaired) electrons. The van der Waals surface area contributed by atoms with Crippen molar-refractivity contribution in [1.82, 2.24) is 31.6 Å². The lowest BCUT2D eigenvalue weighted by Crippen LogP contribution is -2.58. The van der Waals surface area contributed by atoms with E-state index in [-0.39, 0.29) is 30.4 Å². The number of rotatable bonds is 6. The molecule has 6 N–H and O–H groups in total. The lowest BCUT2D eigenvalue weighted by atomic mass is 10.0. The number of amides is 5. The van der Waals surface area contributed by atoms with E-state index in [0.29, 0.717) is 6.42 Å². The van der Waals surface area contributed by atoms with Crippen LogP contribution in [-0.2, 0) is 25.6 Å². The van der Waals surface area contributed by atoms with E-state index in [1.54, 1.807) is 57.3 Å². The summed E-state index contributed by atoms with van der Waals surface area (Å²) in [6.07, 6.45) is 1.53. The normalized spacial score (nSPS) is 22.4. The third-order valence-corrected chi connectivity index (χ3v) is 6.51. The van der Waals surface area contributed by atoms with Gasteiger partial charge in [-0.15, -0.1) is 0 Å². The van der Waals surface area contributed by atoms with Crippen LogP contribution in [0.5, 0.6) is 5.75 Å². The van der Waals surface area contributed by atoms with Gasteiger partial charge in [0.05, 0.1) is 24.6 Å². The summed E-state index contributed by atoms with van der Waals surface area (Å²) in [5.41, 5.74) is 0.871. The zero-order valence-electron chi connectivity index (χ0n) is 23.9. The number of aromatic nitrogens is 1. The monoisotopic (exact) mass is 582 g/mol. The fourth-order valence-corrected chi connectivity index (χ4v) is 4.22. The van der Waals surface area contributed by atoms with Gasteiger partial charge in [0.15, 0.2) is 0 Å². The van der Waals surface area contributed by atoms with Crippen LogP contribution in [0.15, 0.2) is 48.7 Å². The number of nitrogens with one attached hydrogen (secondary N) is 5. The van der Waals surface area contributed by atoms with E-state index >= 15 is 0 Å². The minimum absolute atomic E-state index is 0.00549. The van der Waals surface area contributed by atoms with Gasteiger partial charge in [-0.1, -0.05) is 32.0 Å². The largest absolute Gasteiger partial charge is 0.491 e. The lowest BCUT2D eigenvalue weighted by molar-refractivity contribution is -0.134. The molecule has 2 aromatic rings. The molecule has 1 aromatic carbocycles. The Balaban J connectivity index is 1.87. The molecule has 0 saturated carbocycles. The second-order valence-corrected chi connectivity index (χ2v) is 10.3. The highest BCUT2D eigenvalue weighted by Crippen LogP contribution is 2.19. The van der Waals surface area contributed by atoms with E-state index in [9.17, 15) is 29.1 Å². The van der Waals surface area contributed by atoms with Crippen molar-refractivity contribution in [3.63, 3.8) is 0 Å². The molecule has 42 heavy (non-hydrogen) atoms. The molecule has 1 aromatic heterocycles. The number of para-hydroxylation sites is 1. The van der Waals surface area contributed by atoms with E-state index in [2.05, 4.69) is 31.6 Å². The van der Waals surface area contributed by atoms with E-state index in [0.717, 1.165) is 5.69 Å². The van der Waals surface area contributed by atoms with Crippen molar-refractivity contribution in [3.05, 3.63) is 59.9 Å². The molecule has 13 heteroatoms. The molecule has 0 fully saturated rings. The number of carbonyl (C=O) groups is 5. The molecule has 3 rings (SSSR count). The van der Waals surface area contributed by atoms with Crippen molar-refractivity contribution in [1.29, 1.82) is 0 Å². The molecule has 1 aliphatic heterocycles. The Morgan fingerprint density at radius 1 is 1.02 bits per heavy atom. The first kappa shape index (κ1) is 32.0. The topological polar surface area (TPSA) is 188 Å². The maximum atomic E-state index is 13.3. The molecule has 0 spiro atoms. The van der Waals surface area contributed by atoms with Gasteiger partial charge in [0, 0.05) is 24.9 Å². The zero-order chi connectivity index (χ0) is 30.6. The van der Waals surface area contributed by atoms with Crippen LogP contribution < -0.4 is 31.3 Å². The molecule has 0 aliphatic carbocycles. The highest BCUT2D eigenvalue weighted by atomic mass is 16.5. The van der Waals surface area contributed by atoms with Crippen LogP contribution in [0, 0.1) is 5.92 Å². The van der Waals surface area contributed by atoms with Crippen LogP contribution >= 0.6 is 0 Å². The summed E-state index contributed by atoms with van der Waals surface area (Å²) in [4.78, 5) is 69.6. The van der Waals surface area contributed by atoms with E-state index in [1.165, 1.54) is 6.07 Å². The standard InChI is InChI=1S/C29H38N6O7/c1-17(2)25-29(41)32-18(3)16-42-23-10-5-4-9-20(23)26(38)34-21(14-24(37)33-22(15-36)28(40)35-25)27(39)31-13-11-19-8-6-7-12-30-19/h4-10,12,17-18,21-22,25,36H,11,13-16H2,1-3H3,(H,31,39)(H,32,41)(H,33,37)(H,34,38)(H,35,40)/t18-,21-,22-,25+/m0/s1. The van der Waals surface area contributed by atoms with Crippen LogP contribution in [0.25, 0.3) is 0 Å². The fourth-order valence-electron chi connectivity index (χ4n) is 4.22. The Labute approximate surface area is 244 Å². The number of aliphatic hydroxyl groups excluding tert-OH is 1. The van der Waals surface area contributed by atoms with Gasteiger partial charge in [-0.3, -0.25) is 29.0 Å². The molecule has 226 valence electrons. The van der Waals surface area contributed by atoms with Gasteiger partial charge in [-0.25, -0.2) is 0 Å². The van der Waals surface area contributed by atoms with Crippen molar-refractivity contribution in [2.24, 2.45) is 5.92 Å². The molecule has 1 aliphatic rings. The molecule has 2 heterocycles. The van der Waals surface area contributed by atoms with Crippen LogP contribution in [0.2, 0.25) is 0 Å². The molecular formula is C29H38N6O7. The first-order valence-electron chi connectivity index (χ1n) is 13.8. The summed E-state index contributed by atoms with van der Waals surface area (Å²) in [6.45, 7) is 4.63. The van der Waals surface area contributed by atoms with E-state index in [4.69, 9.17) is 4.74 Å². The number of hydrogen-bond donors (Lipinski definition) is 6. The fraction of sp³-hybridized carbons (Fsp3) is 0.448. The number of aliphatic hydroxyl groups is 1. The van der Waals surface area contributed by atoms with Crippen molar-refractivity contribution in [2.75, 3.05) is 19.8 Å². The van der Waals surface area contributed by atoms with Crippen LogP contribution in [-0.4, -0.2) is 83.6 Å². The predicted molar refractivity (Wildman–Crippen MR) is 152 cm³/mol. The third-order valence-electron chi connectivity index (χ3n) is 6.51. The summed E-state index contributed by atoms with van der Waals surface area (Å²) in [5, 5.41) is 22.9. The van der Waals surface area contributed by atoms with Crippen molar-refractivity contribution in [2.45, 2.75) is 57.8 Å². The maximum absolute atomic E-state index is 13.3. The highest BCUT2D eigenvalue weighted by Gasteiger charge is 2.31. The number of benzene rings is 1. The Morgan fingerprint density at radius 3 is 2.45 bits per heavy atom. The minimum atomic E-state index is -1.40. The van der Waals surface area contributed by atoms with Gasteiger partial charge in [0.1, 0.15) is 30.5 Å². The number of ether oxygens (including phenoxy) is 1. The summed E-state index contributed by atoms with van der Waals surface area (Å²) < 4.78 is 5.84. The summed E-state index contributed by atoms with van der Waals surface area (Å²) in [6, 6.07) is 7.60. The van der Waals surface area contributed by atoms with Gasteiger partial charge in [0.2, 0.25) is 23.6 Å². The van der Waals surface area contributed by atoms with Gasteiger partial charge >= 0.3 is 0 Å². The number of pyridine rings is 1. The highest BCUT2D eigenvalue weighted by molar-refractivity contribution is 6.01. The summed E-state index contributed by atoms with van der Waals surface area (Å²) in [5.74, 6) is -3.42. The van der Waals surface area contributed by atoms with Crippen LogP contribution in [0.3, 0.4) is 0 Å². The van der Waals surface area contributed by atoms with Crippen molar-refractivity contribution in [3.8, 4) is 5.75 Å². The summed E-state index contributed by atoms with van der Waals surface area (Å²) in [7, 11) is 0. The second-order valence-electron chi connectivity index (χ2n) is 10.3. The lowest BCUT2D eigenvalue weighted by Gasteiger charge is -2.26. The predicted octanol–water partition coefficient (Wildman–Crippen LogP) is -0.556. The molecule has 13 nitrogen and oxygen atoms in total. The van der Waals surface area contributed by atoms with Gasteiger partial charge in [-0.2, -0.15) is 0 Å². The zero-order valence-corrected chi connectivity index (χ0v) is 23.9. The van der Waals surface area contributed by atoms with E-state index in [1.807, 2.05) is 6.07 Å². The first-order chi connectivity index (χ1) is 20.1. The van der Waals surface area contributed by atoms with Crippen molar-refractivity contribution < 1.29 is 33.8 Å². The Bertz CT molecular complexity index is 1260. The molecule has 0 unspecified atom stereocenters. The van der Waals surface area contributed by atoms with Gasteiger partial charge < -0.3 is 36.4 Å². The molecular weight excluding hydrogens is 544 g/mol. The Hall–Kier alpha value is -4.52. The third kappa shape index (κ3) is 9.26. The number of nitrogens with zero attached hydrogens (tertiary/aromatic N) is 1. The first-order valence-corrected chi connectivity index (χ1v) is 13.8. The van der Waals surface area contributed by atoms with Crippen LogP contribution in [0.1, 0.15) is 43.2 Å². The smallest absolute Gasteiger partial charge is 0.255 e. The molecule has 5 amide bonds. The molecule has 0 bridgehead atoms. The Morgan fingerprint density at radius 2 is 1.76 bits per heavy atom. The number of carbonyl (C=O) groups excluding carboxylic acids is 5. The average Bonchev–Trinajstić information content (AvgIpc) is 2.97. The molecule has 4 atom stereocenters. The maximum Gasteiger partial charge on any atom is 0.255 e. The van der Waals surface area contributed by atoms with Crippen LogP contribution in [0.4, 0.5) is 0 Å². The SMILES string of the molecule is CC(C)[C@H]1NC(=O)[C@H](CO)NC(=O)C[C@@H](C(=O)NCCc2ccccn2)NC(=O)c2ccccc2OC[C@H](C)NC1=O. The van der Waals surface area contributed by atoms with Crippen molar-refractivity contribution >= 4 is 29.5 Å². The average molecular weight is 583 g/mol. The number of hydrogen-bond acceptors (Lipinski definition) is 8. The summed E-state index contributed by atoms with van der Waals surface area (Å²) >= 11 is 0. The molecule has 0 saturated heterocycles. The quantitative estimate of drug-likeness (QED) is 0.262. The van der Waals surface area contributed by atoms with E-state index < -0.39 is 66.7 Å². The van der Waals surface area contributed by atoms with Gasteiger partial charge in [-0.05, 0) is 37.1 Å².